The molecule has 2 aliphatic rings. The lowest BCUT2D eigenvalue weighted by Crippen LogP contribution is -2.37. The highest BCUT2D eigenvalue weighted by atomic mass is 16.5. The van der Waals surface area contributed by atoms with E-state index in [2.05, 4.69) is 22.3 Å². The van der Waals surface area contributed by atoms with Crippen LogP contribution in [-0.4, -0.2) is 56.4 Å². The number of hydrogen-bond donors (Lipinski definition) is 1. The van der Waals surface area contributed by atoms with Crippen LogP contribution in [0.25, 0.3) is 0 Å². The van der Waals surface area contributed by atoms with Gasteiger partial charge in [0, 0.05) is 31.9 Å². The van der Waals surface area contributed by atoms with E-state index >= 15 is 0 Å². The molecule has 1 aromatic rings. The highest BCUT2D eigenvalue weighted by molar-refractivity contribution is 5.91. The van der Waals surface area contributed by atoms with Gasteiger partial charge in [-0.2, -0.15) is 0 Å². The molecule has 0 spiro atoms. The maximum atomic E-state index is 12.0. The Morgan fingerprint density at radius 3 is 2.65 bits per heavy atom. The zero-order valence-corrected chi connectivity index (χ0v) is 13.6. The number of amides is 1. The molecule has 1 aromatic carbocycles. The van der Waals surface area contributed by atoms with Gasteiger partial charge < -0.3 is 14.8 Å². The molecule has 0 radical (unpaired) electrons. The predicted molar refractivity (Wildman–Crippen MR) is 89.6 cm³/mol. The van der Waals surface area contributed by atoms with Gasteiger partial charge in [-0.25, -0.2) is 0 Å². The zero-order valence-electron chi connectivity index (χ0n) is 13.6. The average molecular weight is 318 g/mol. The van der Waals surface area contributed by atoms with Gasteiger partial charge in [0.2, 0.25) is 5.91 Å². The van der Waals surface area contributed by atoms with Crippen molar-refractivity contribution in [2.75, 3.05) is 44.8 Å². The van der Waals surface area contributed by atoms with Crippen LogP contribution in [-0.2, 0) is 20.7 Å². The smallest absolute Gasteiger partial charge is 0.226 e. The van der Waals surface area contributed by atoms with Crippen LogP contribution >= 0.6 is 0 Å². The van der Waals surface area contributed by atoms with E-state index in [1.54, 1.807) is 0 Å². The van der Waals surface area contributed by atoms with Crippen LogP contribution in [0.3, 0.4) is 0 Å². The minimum absolute atomic E-state index is 0.0398. The average Bonchev–Trinajstić information content (AvgIpc) is 3.08. The Kier molecular flexibility index (Phi) is 6.02. The molecule has 23 heavy (non-hydrogen) atoms. The summed E-state index contributed by atoms with van der Waals surface area (Å²) in [6.45, 7) is 5.59. The second-order valence-electron chi connectivity index (χ2n) is 6.29. The van der Waals surface area contributed by atoms with Crippen molar-refractivity contribution in [2.45, 2.75) is 31.8 Å². The molecule has 2 fully saturated rings. The molecule has 5 heteroatoms. The summed E-state index contributed by atoms with van der Waals surface area (Å²) in [6.07, 6.45) is 3.65. The first-order valence-corrected chi connectivity index (χ1v) is 8.60. The summed E-state index contributed by atoms with van der Waals surface area (Å²) in [5.41, 5.74) is 2.16. The van der Waals surface area contributed by atoms with Crippen LogP contribution in [0.4, 0.5) is 5.69 Å². The molecule has 0 aliphatic carbocycles. The third-order valence-electron chi connectivity index (χ3n) is 4.50. The Morgan fingerprint density at radius 2 is 1.96 bits per heavy atom. The molecule has 2 saturated heterocycles. The Bertz CT molecular complexity index is 491. The first-order chi connectivity index (χ1) is 11.3. The van der Waals surface area contributed by atoms with Crippen molar-refractivity contribution in [3.63, 3.8) is 0 Å². The second-order valence-corrected chi connectivity index (χ2v) is 6.29. The van der Waals surface area contributed by atoms with Gasteiger partial charge in [0.25, 0.3) is 0 Å². The van der Waals surface area contributed by atoms with E-state index in [1.165, 1.54) is 5.56 Å². The maximum Gasteiger partial charge on any atom is 0.226 e. The molecule has 1 N–H and O–H groups in total. The van der Waals surface area contributed by atoms with Gasteiger partial charge in [0.1, 0.15) is 0 Å². The van der Waals surface area contributed by atoms with E-state index in [0.29, 0.717) is 6.42 Å². The minimum Gasteiger partial charge on any atom is -0.379 e. The van der Waals surface area contributed by atoms with E-state index in [1.807, 2.05) is 12.1 Å². The van der Waals surface area contributed by atoms with Crippen molar-refractivity contribution in [1.82, 2.24) is 4.90 Å². The molecule has 126 valence electrons. The van der Waals surface area contributed by atoms with Crippen LogP contribution in [0.1, 0.15) is 24.8 Å². The van der Waals surface area contributed by atoms with Crippen molar-refractivity contribution in [2.24, 2.45) is 0 Å². The normalized spacial score (nSPS) is 22.2. The fourth-order valence-electron chi connectivity index (χ4n) is 3.09. The van der Waals surface area contributed by atoms with E-state index in [4.69, 9.17) is 9.47 Å². The standard InChI is InChI=1S/C18H26N2O3/c21-18(14-17-2-1-11-23-17)19-16-5-3-15(4-6-16)7-8-20-9-12-22-13-10-20/h3-6,17H,1-2,7-14H2,(H,19,21)/t17-/m0/s1. The van der Waals surface area contributed by atoms with Crippen molar-refractivity contribution in [3.8, 4) is 0 Å². The molecular weight excluding hydrogens is 292 g/mol. The fourth-order valence-corrected chi connectivity index (χ4v) is 3.09. The number of morpholine rings is 1. The number of rotatable bonds is 6. The van der Waals surface area contributed by atoms with Crippen LogP contribution in [0, 0.1) is 0 Å². The minimum atomic E-state index is 0.0398. The van der Waals surface area contributed by atoms with Crippen molar-refractivity contribution in [3.05, 3.63) is 29.8 Å². The first kappa shape index (κ1) is 16.4. The lowest BCUT2D eigenvalue weighted by molar-refractivity contribution is -0.118. The van der Waals surface area contributed by atoms with Crippen LogP contribution in [0.2, 0.25) is 0 Å². The number of carbonyl (C=O) groups excluding carboxylic acids is 1. The highest BCUT2D eigenvalue weighted by Gasteiger charge is 2.19. The predicted octanol–water partition coefficient (Wildman–Crippen LogP) is 2.07. The first-order valence-electron chi connectivity index (χ1n) is 8.60. The molecule has 0 unspecified atom stereocenters. The number of anilines is 1. The summed E-state index contributed by atoms with van der Waals surface area (Å²) in [7, 11) is 0. The van der Waals surface area contributed by atoms with Crippen LogP contribution < -0.4 is 5.32 Å². The van der Waals surface area contributed by atoms with Gasteiger partial charge in [0.15, 0.2) is 0 Å². The lowest BCUT2D eigenvalue weighted by atomic mass is 10.1. The number of carbonyl (C=O) groups is 1. The third kappa shape index (κ3) is 5.30. The molecule has 2 aliphatic heterocycles. The Morgan fingerprint density at radius 1 is 1.17 bits per heavy atom. The summed E-state index contributed by atoms with van der Waals surface area (Å²) < 4.78 is 10.9. The molecule has 1 amide bonds. The topological polar surface area (TPSA) is 50.8 Å². The molecule has 1 atom stereocenters. The number of ether oxygens (including phenoxy) is 2. The summed E-state index contributed by atoms with van der Waals surface area (Å²) in [6, 6.07) is 8.17. The van der Waals surface area contributed by atoms with Gasteiger partial charge in [-0.15, -0.1) is 0 Å². The Hall–Kier alpha value is -1.43. The van der Waals surface area contributed by atoms with E-state index in [0.717, 1.165) is 64.4 Å². The molecule has 3 rings (SSSR count). The van der Waals surface area contributed by atoms with Gasteiger partial charge in [-0.05, 0) is 37.0 Å². The number of hydrogen-bond acceptors (Lipinski definition) is 4. The SMILES string of the molecule is O=C(C[C@@H]1CCCO1)Nc1ccc(CCN2CCOCC2)cc1. The number of benzene rings is 1. The van der Waals surface area contributed by atoms with Crippen molar-refractivity contribution in [1.29, 1.82) is 0 Å². The molecule has 2 heterocycles. The Labute approximate surface area is 137 Å². The zero-order chi connectivity index (χ0) is 15.9. The van der Waals surface area contributed by atoms with E-state index in [9.17, 15) is 4.79 Å². The van der Waals surface area contributed by atoms with Gasteiger partial charge in [0.05, 0.1) is 25.7 Å². The van der Waals surface area contributed by atoms with Gasteiger partial charge >= 0.3 is 0 Å². The Balaban J connectivity index is 1.41. The summed E-state index contributed by atoms with van der Waals surface area (Å²) in [5, 5.41) is 2.96. The van der Waals surface area contributed by atoms with Crippen LogP contribution in [0.15, 0.2) is 24.3 Å². The van der Waals surface area contributed by atoms with E-state index < -0.39 is 0 Å². The lowest BCUT2D eigenvalue weighted by Gasteiger charge is -2.26. The highest BCUT2D eigenvalue weighted by Crippen LogP contribution is 2.17. The third-order valence-corrected chi connectivity index (χ3v) is 4.50. The van der Waals surface area contributed by atoms with Gasteiger partial charge in [-0.3, -0.25) is 9.69 Å². The second kappa shape index (κ2) is 8.43. The van der Waals surface area contributed by atoms with Crippen LogP contribution in [0.5, 0.6) is 0 Å². The van der Waals surface area contributed by atoms with Gasteiger partial charge in [-0.1, -0.05) is 12.1 Å². The number of nitrogens with zero attached hydrogens (tertiary/aromatic N) is 1. The number of nitrogens with one attached hydrogen (secondary N) is 1. The molecular formula is C18H26N2O3. The summed E-state index contributed by atoms with van der Waals surface area (Å²) in [4.78, 5) is 14.4. The fraction of sp³-hybridized carbons (Fsp3) is 0.611. The van der Waals surface area contributed by atoms with Crippen molar-refractivity contribution >= 4 is 11.6 Å². The molecule has 0 saturated carbocycles. The molecule has 0 aromatic heterocycles. The van der Waals surface area contributed by atoms with E-state index in [-0.39, 0.29) is 12.0 Å². The monoisotopic (exact) mass is 318 g/mol. The quantitative estimate of drug-likeness (QED) is 0.872. The molecule has 0 bridgehead atoms. The molecule has 5 nitrogen and oxygen atoms in total. The summed E-state index contributed by atoms with van der Waals surface area (Å²) in [5.74, 6) is 0.0398. The largest absolute Gasteiger partial charge is 0.379 e. The van der Waals surface area contributed by atoms with Crippen molar-refractivity contribution < 1.29 is 14.3 Å². The summed E-state index contributed by atoms with van der Waals surface area (Å²) >= 11 is 0. The maximum absolute atomic E-state index is 12.0.